The molecule has 4 aromatic rings. The highest BCUT2D eigenvalue weighted by Crippen LogP contribution is 2.31. The van der Waals surface area contributed by atoms with Gasteiger partial charge in [0.25, 0.3) is 5.91 Å². The number of carbonyl (C=O) groups excluding carboxylic acids is 2. The molecule has 1 aliphatic heterocycles. The summed E-state index contributed by atoms with van der Waals surface area (Å²) in [5.41, 5.74) is 4.55. The summed E-state index contributed by atoms with van der Waals surface area (Å²) in [7, 11) is 0. The molecule has 2 amide bonds. The number of para-hydroxylation sites is 1. The highest BCUT2D eigenvalue weighted by Gasteiger charge is 2.21. The molecule has 5 heteroatoms. The van der Waals surface area contributed by atoms with E-state index in [-0.39, 0.29) is 11.8 Å². The van der Waals surface area contributed by atoms with Gasteiger partial charge < -0.3 is 14.8 Å². The van der Waals surface area contributed by atoms with Crippen molar-refractivity contribution in [1.29, 1.82) is 0 Å². The Kier molecular flexibility index (Phi) is 4.51. The van der Waals surface area contributed by atoms with E-state index in [9.17, 15) is 9.59 Å². The molecule has 0 spiro atoms. The number of benzene rings is 3. The Morgan fingerprint density at radius 1 is 0.967 bits per heavy atom. The average molecular weight is 397 g/mol. The van der Waals surface area contributed by atoms with E-state index in [0.29, 0.717) is 12.0 Å². The zero-order chi connectivity index (χ0) is 20.7. The number of rotatable bonds is 4. The molecule has 5 nitrogen and oxygen atoms in total. The summed E-state index contributed by atoms with van der Waals surface area (Å²) < 4.78 is 2.29. The largest absolute Gasteiger partial charge is 0.341 e. The van der Waals surface area contributed by atoms with Crippen molar-refractivity contribution in [2.75, 3.05) is 16.8 Å². The average Bonchev–Trinajstić information content (AvgIpc) is 3.34. The summed E-state index contributed by atoms with van der Waals surface area (Å²) in [6.45, 7) is 3.78. The maximum Gasteiger partial charge on any atom is 0.255 e. The topological polar surface area (TPSA) is 54.3 Å². The molecule has 0 aliphatic carbocycles. The van der Waals surface area contributed by atoms with Gasteiger partial charge in [0.15, 0.2) is 0 Å². The molecule has 1 fully saturated rings. The fourth-order valence-corrected chi connectivity index (χ4v) is 4.39. The predicted octanol–water partition coefficient (Wildman–Crippen LogP) is 5.19. The van der Waals surface area contributed by atoms with Gasteiger partial charge in [0.2, 0.25) is 5.91 Å². The van der Waals surface area contributed by atoms with Crippen molar-refractivity contribution in [3.8, 4) is 0 Å². The molecule has 1 aromatic heterocycles. The molecule has 0 atom stereocenters. The molecule has 0 unspecified atom stereocenters. The lowest BCUT2D eigenvalue weighted by atomic mass is 10.1. The molecular formula is C25H23N3O2. The van der Waals surface area contributed by atoms with Gasteiger partial charge in [-0.3, -0.25) is 9.59 Å². The standard InChI is InChI=1S/C25H23N3O2/c1-2-27-22-7-4-3-6-20(22)21-16-18(11-14-23(21)27)26-25(30)17-9-12-19(13-10-17)28-15-5-8-24(28)29/h3-4,6-7,9-14,16H,2,5,8,15H2,1H3,(H,26,30). The minimum Gasteiger partial charge on any atom is -0.341 e. The maximum atomic E-state index is 12.8. The highest BCUT2D eigenvalue weighted by molar-refractivity contribution is 6.11. The van der Waals surface area contributed by atoms with Gasteiger partial charge in [-0.1, -0.05) is 18.2 Å². The minimum absolute atomic E-state index is 0.145. The van der Waals surface area contributed by atoms with E-state index in [2.05, 4.69) is 41.1 Å². The number of aryl methyl sites for hydroxylation is 1. The molecule has 0 saturated carbocycles. The Hall–Kier alpha value is -3.60. The van der Waals surface area contributed by atoms with Crippen molar-refractivity contribution >= 4 is 45.0 Å². The molecule has 150 valence electrons. The van der Waals surface area contributed by atoms with Crippen LogP contribution in [-0.4, -0.2) is 22.9 Å². The number of nitrogens with one attached hydrogen (secondary N) is 1. The quantitative estimate of drug-likeness (QED) is 0.515. The SMILES string of the molecule is CCn1c2ccccc2c2cc(NC(=O)c3ccc(N4CCCC4=O)cc3)ccc21. The lowest BCUT2D eigenvalue weighted by molar-refractivity contribution is -0.117. The summed E-state index contributed by atoms with van der Waals surface area (Å²) in [4.78, 5) is 26.5. The predicted molar refractivity (Wildman–Crippen MR) is 121 cm³/mol. The van der Waals surface area contributed by atoms with Gasteiger partial charge in [-0.15, -0.1) is 0 Å². The first-order valence-electron chi connectivity index (χ1n) is 10.4. The van der Waals surface area contributed by atoms with E-state index in [1.54, 1.807) is 17.0 Å². The number of amides is 2. The minimum atomic E-state index is -0.159. The first-order valence-corrected chi connectivity index (χ1v) is 10.4. The Bertz CT molecular complexity index is 1270. The zero-order valence-corrected chi connectivity index (χ0v) is 16.9. The van der Waals surface area contributed by atoms with Crippen molar-refractivity contribution in [2.45, 2.75) is 26.3 Å². The van der Waals surface area contributed by atoms with Crippen LogP contribution in [0.25, 0.3) is 21.8 Å². The van der Waals surface area contributed by atoms with E-state index in [1.165, 1.54) is 10.9 Å². The van der Waals surface area contributed by atoms with Gasteiger partial charge in [-0.05, 0) is 61.9 Å². The molecule has 2 heterocycles. The van der Waals surface area contributed by atoms with Crippen LogP contribution >= 0.6 is 0 Å². The van der Waals surface area contributed by atoms with Crippen LogP contribution in [0.3, 0.4) is 0 Å². The fourth-order valence-electron chi connectivity index (χ4n) is 4.39. The summed E-state index contributed by atoms with van der Waals surface area (Å²) in [6.07, 6.45) is 1.48. The monoisotopic (exact) mass is 397 g/mol. The second kappa shape index (κ2) is 7.34. The van der Waals surface area contributed by atoms with Crippen LogP contribution in [0.1, 0.15) is 30.1 Å². The van der Waals surface area contributed by atoms with Crippen molar-refractivity contribution in [2.24, 2.45) is 0 Å². The highest BCUT2D eigenvalue weighted by atomic mass is 16.2. The smallest absolute Gasteiger partial charge is 0.255 e. The summed E-state index contributed by atoms with van der Waals surface area (Å²) in [5.74, 6) is -0.0142. The van der Waals surface area contributed by atoms with Crippen molar-refractivity contribution in [3.63, 3.8) is 0 Å². The summed E-state index contributed by atoms with van der Waals surface area (Å²) >= 11 is 0. The first kappa shape index (κ1) is 18.4. The lowest BCUT2D eigenvalue weighted by Gasteiger charge is -2.15. The van der Waals surface area contributed by atoms with E-state index in [0.717, 1.165) is 41.8 Å². The maximum absolute atomic E-state index is 12.8. The van der Waals surface area contributed by atoms with E-state index in [1.807, 2.05) is 30.3 Å². The second-order valence-corrected chi connectivity index (χ2v) is 7.64. The molecule has 3 aromatic carbocycles. The third kappa shape index (κ3) is 3.03. The number of fused-ring (bicyclic) bond motifs is 3. The molecule has 1 saturated heterocycles. The van der Waals surface area contributed by atoms with Gasteiger partial charge in [-0.25, -0.2) is 0 Å². The van der Waals surface area contributed by atoms with Crippen molar-refractivity contribution in [1.82, 2.24) is 4.57 Å². The number of hydrogen-bond acceptors (Lipinski definition) is 2. The zero-order valence-electron chi connectivity index (χ0n) is 16.9. The number of hydrogen-bond donors (Lipinski definition) is 1. The molecule has 30 heavy (non-hydrogen) atoms. The van der Waals surface area contributed by atoms with Crippen LogP contribution in [0.15, 0.2) is 66.7 Å². The molecule has 1 N–H and O–H groups in total. The van der Waals surface area contributed by atoms with Gasteiger partial charge >= 0.3 is 0 Å². The van der Waals surface area contributed by atoms with Crippen LogP contribution < -0.4 is 10.2 Å². The third-order valence-electron chi connectivity index (χ3n) is 5.86. The van der Waals surface area contributed by atoms with Crippen molar-refractivity contribution < 1.29 is 9.59 Å². The first-order chi connectivity index (χ1) is 14.7. The van der Waals surface area contributed by atoms with E-state index >= 15 is 0 Å². The summed E-state index contributed by atoms with van der Waals surface area (Å²) in [5, 5.41) is 5.33. The van der Waals surface area contributed by atoms with Crippen LogP contribution in [-0.2, 0) is 11.3 Å². The van der Waals surface area contributed by atoms with Crippen LogP contribution in [0.2, 0.25) is 0 Å². The lowest BCUT2D eigenvalue weighted by Crippen LogP contribution is -2.23. The number of aromatic nitrogens is 1. The third-order valence-corrected chi connectivity index (χ3v) is 5.86. The van der Waals surface area contributed by atoms with Crippen molar-refractivity contribution in [3.05, 3.63) is 72.3 Å². The Morgan fingerprint density at radius 2 is 1.73 bits per heavy atom. The van der Waals surface area contributed by atoms with Gasteiger partial charge in [0.05, 0.1) is 0 Å². The van der Waals surface area contributed by atoms with Gasteiger partial charge in [0, 0.05) is 58.3 Å². The molecule has 0 radical (unpaired) electrons. The normalized spacial score (nSPS) is 14.0. The van der Waals surface area contributed by atoms with E-state index in [4.69, 9.17) is 0 Å². The van der Waals surface area contributed by atoms with Crippen LogP contribution in [0.4, 0.5) is 11.4 Å². The summed E-state index contributed by atoms with van der Waals surface area (Å²) in [6, 6.07) is 21.6. The molecule has 5 rings (SSSR count). The molecular weight excluding hydrogens is 374 g/mol. The Balaban J connectivity index is 1.42. The van der Waals surface area contributed by atoms with E-state index < -0.39 is 0 Å². The molecule has 1 aliphatic rings. The van der Waals surface area contributed by atoms with Crippen LogP contribution in [0, 0.1) is 0 Å². The molecule has 0 bridgehead atoms. The van der Waals surface area contributed by atoms with Gasteiger partial charge in [0.1, 0.15) is 0 Å². The van der Waals surface area contributed by atoms with Gasteiger partial charge in [-0.2, -0.15) is 0 Å². The fraction of sp³-hybridized carbons (Fsp3) is 0.200. The Labute approximate surface area is 174 Å². The number of anilines is 2. The Morgan fingerprint density at radius 3 is 2.47 bits per heavy atom. The number of carbonyl (C=O) groups is 2. The van der Waals surface area contributed by atoms with Crippen LogP contribution in [0.5, 0.6) is 0 Å². The number of nitrogens with zero attached hydrogens (tertiary/aromatic N) is 2. The second-order valence-electron chi connectivity index (χ2n) is 7.64.